The zero-order valence-corrected chi connectivity index (χ0v) is 16.5. The Hall–Kier alpha value is -2.34. The number of hydrogen-bond acceptors (Lipinski definition) is 4. The van der Waals surface area contributed by atoms with Gasteiger partial charge in [-0.25, -0.2) is 0 Å². The van der Waals surface area contributed by atoms with Gasteiger partial charge in [-0.3, -0.25) is 9.78 Å². The molecule has 1 atom stereocenters. The highest BCUT2D eigenvalue weighted by Gasteiger charge is 2.17. The quantitative estimate of drug-likeness (QED) is 0.568. The smallest absolute Gasteiger partial charge is 0.258 e. The van der Waals surface area contributed by atoms with E-state index in [-0.39, 0.29) is 17.5 Å². The summed E-state index contributed by atoms with van der Waals surface area (Å²) in [7, 11) is 0. The van der Waals surface area contributed by atoms with E-state index >= 15 is 0 Å². The minimum absolute atomic E-state index is 0.0119. The van der Waals surface area contributed by atoms with Crippen LogP contribution in [-0.2, 0) is 0 Å². The number of pyridine rings is 1. The van der Waals surface area contributed by atoms with Crippen molar-refractivity contribution in [3.8, 4) is 0 Å². The summed E-state index contributed by atoms with van der Waals surface area (Å²) in [5.41, 5.74) is 9.30. The summed E-state index contributed by atoms with van der Waals surface area (Å²) in [6, 6.07) is 10.6. The number of carbonyl (C=O) groups excluding carboxylic acids is 1. The predicted molar refractivity (Wildman–Crippen MR) is 113 cm³/mol. The van der Waals surface area contributed by atoms with E-state index in [4.69, 9.17) is 28.9 Å². The van der Waals surface area contributed by atoms with Crippen LogP contribution in [0.3, 0.4) is 0 Å². The highest BCUT2D eigenvalue weighted by Crippen LogP contribution is 2.31. The average Bonchev–Trinajstić information content (AvgIpc) is 2.60. The summed E-state index contributed by atoms with van der Waals surface area (Å²) >= 11 is 12.3. The lowest BCUT2D eigenvalue weighted by molar-refractivity contribution is 0.102. The van der Waals surface area contributed by atoms with Crippen LogP contribution in [-0.4, -0.2) is 23.5 Å². The third-order valence-electron chi connectivity index (χ3n) is 4.13. The van der Waals surface area contributed by atoms with Crippen molar-refractivity contribution < 1.29 is 4.79 Å². The molecule has 7 heteroatoms. The van der Waals surface area contributed by atoms with Crippen LogP contribution in [0.1, 0.15) is 22.8 Å². The molecule has 0 aliphatic heterocycles. The van der Waals surface area contributed by atoms with Crippen molar-refractivity contribution >= 4 is 51.4 Å². The first-order chi connectivity index (χ1) is 12.9. The molecule has 4 N–H and O–H groups in total. The molecule has 0 radical (unpaired) electrons. The van der Waals surface area contributed by atoms with Gasteiger partial charge >= 0.3 is 0 Å². The zero-order chi connectivity index (χ0) is 19.6. The van der Waals surface area contributed by atoms with Crippen molar-refractivity contribution in [1.29, 1.82) is 0 Å². The molecule has 0 saturated heterocycles. The number of aromatic nitrogens is 1. The molecule has 0 bridgehead atoms. The van der Waals surface area contributed by atoms with Crippen molar-refractivity contribution in [3.63, 3.8) is 0 Å². The van der Waals surface area contributed by atoms with Gasteiger partial charge in [0.2, 0.25) is 0 Å². The number of rotatable bonds is 5. The lowest BCUT2D eigenvalue weighted by atomic mass is 10.1. The fourth-order valence-corrected chi connectivity index (χ4v) is 3.39. The molecule has 3 aromatic rings. The number of nitrogens with one attached hydrogen (secondary N) is 2. The molecular formula is C20H20Cl2N4O. The number of aryl methyl sites for hydroxylation is 1. The van der Waals surface area contributed by atoms with Crippen molar-refractivity contribution in [3.05, 3.63) is 63.8 Å². The number of halogens is 2. The first kappa shape index (κ1) is 19.4. The average molecular weight is 403 g/mol. The van der Waals surface area contributed by atoms with E-state index < -0.39 is 0 Å². The second-order valence-electron chi connectivity index (χ2n) is 6.43. The minimum atomic E-state index is -0.384. The van der Waals surface area contributed by atoms with Gasteiger partial charge in [0, 0.05) is 29.9 Å². The van der Waals surface area contributed by atoms with Crippen molar-refractivity contribution in [2.75, 3.05) is 17.2 Å². The molecule has 27 heavy (non-hydrogen) atoms. The van der Waals surface area contributed by atoms with Crippen molar-refractivity contribution in [2.45, 2.75) is 19.9 Å². The maximum Gasteiger partial charge on any atom is 0.258 e. The molecule has 0 aliphatic carbocycles. The first-order valence-corrected chi connectivity index (χ1v) is 9.27. The topological polar surface area (TPSA) is 80.0 Å². The second kappa shape index (κ2) is 8.13. The normalized spacial score (nSPS) is 12.0. The van der Waals surface area contributed by atoms with E-state index in [2.05, 4.69) is 15.6 Å². The summed E-state index contributed by atoms with van der Waals surface area (Å²) in [4.78, 5) is 17.2. The molecule has 2 aromatic carbocycles. The maximum absolute atomic E-state index is 12.7. The standard InChI is InChI=1S/C20H20Cl2N4O/c1-11-9-24-19-13(18(11)25-10-12(2)23)5-3-8-16(19)26-20(27)17-14(21)6-4-7-15(17)22/h3-9,12H,10,23H2,1-2H3,(H,24,25)(H,26,27)/t12-/m1/s1. The summed E-state index contributed by atoms with van der Waals surface area (Å²) in [5, 5.41) is 7.73. The Kier molecular flexibility index (Phi) is 5.85. The van der Waals surface area contributed by atoms with Gasteiger partial charge in [-0.05, 0) is 37.6 Å². The number of benzene rings is 2. The maximum atomic E-state index is 12.7. The molecule has 0 unspecified atom stereocenters. The molecule has 1 aromatic heterocycles. The first-order valence-electron chi connectivity index (χ1n) is 8.51. The van der Waals surface area contributed by atoms with Crippen LogP contribution in [0.2, 0.25) is 10.0 Å². The monoisotopic (exact) mass is 402 g/mol. The molecule has 140 valence electrons. The largest absolute Gasteiger partial charge is 0.383 e. The number of amides is 1. The summed E-state index contributed by atoms with van der Waals surface area (Å²) < 4.78 is 0. The fourth-order valence-electron chi connectivity index (χ4n) is 2.82. The molecule has 0 spiro atoms. The summed E-state index contributed by atoms with van der Waals surface area (Å²) in [6.07, 6.45) is 1.77. The third kappa shape index (κ3) is 4.16. The van der Waals surface area contributed by atoms with Crippen LogP contribution >= 0.6 is 23.2 Å². The van der Waals surface area contributed by atoms with E-state index in [1.165, 1.54) is 0 Å². The Morgan fingerprint density at radius 1 is 1.19 bits per heavy atom. The lowest BCUT2D eigenvalue weighted by Gasteiger charge is -2.16. The van der Waals surface area contributed by atoms with E-state index in [1.54, 1.807) is 30.5 Å². The van der Waals surface area contributed by atoms with Gasteiger partial charge in [0.05, 0.1) is 26.8 Å². The van der Waals surface area contributed by atoms with Gasteiger partial charge < -0.3 is 16.4 Å². The van der Waals surface area contributed by atoms with Gasteiger partial charge in [-0.15, -0.1) is 0 Å². The zero-order valence-electron chi connectivity index (χ0n) is 15.0. The van der Waals surface area contributed by atoms with Gasteiger partial charge in [0.1, 0.15) is 0 Å². The number of anilines is 2. The molecule has 5 nitrogen and oxygen atoms in total. The Labute approximate surface area is 167 Å². The minimum Gasteiger partial charge on any atom is -0.383 e. The fraction of sp³-hybridized carbons (Fsp3) is 0.200. The van der Waals surface area contributed by atoms with Crippen LogP contribution in [0.4, 0.5) is 11.4 Å². The van der Waals surface area contributed by atoms with E-state index in [1.807, 2.05) is 26.0 Å². The summed E-state index contributed by atoms with van der Waals surface area (Å²) in [5.74, 6) is -0.384. The number of hydrogen-bond donors (Lipinski definition) is 3. The Bertz CT molecular complexity index is 984. The predicted octanol–water partition coefficient (Wildman–Crippen LogP) is 4.86. The highest BCUT2D eigenvalue weighted by atomic mass is 35.5. The van der Waals surface area contributed by atoms with E-state index in [9.17, 15) is 4.79 Å². The van der Waals surface area contributed by atoms with Crippen LogP contribution < -0.4 is 16.4 Å². The lowest BCUT2D eigenvalue weighted by Crippen LogP contribution is -2.25. The van der Waals surface area contributed by atoms with Crippen LogP contribution in [0.25, 0.3) is 10.9 Å². The second-order valence-corrected chi connectivity index (χ2v) is 7.24. The molecular weight excluding hydrogens is 383 g/mol. The molecule has 3 rings (SSSR count). The number of nitrogens with two attached hydrogens (primary N) is 1. The molecule has 1 heterocycles. The van der Waals surface area contributed by atoms with Crippen LogP contribution in [0.15, 0.2) is 42.6 Å². The molecule has 0 saturated carbocycles. The van der Waals surface area contributed by atoms with Gasteiger partial charge in [-0.1, -0.05) is 41.4 Å². The van der Waals surface area contributed by atoms with Crippen molar-refractivity contribution in [2.24, 2.45) is 5.73 Å². The molecule has 1 amide bonds. The Morgan fingerprint density at radius 3 is 2.52 bits per heavy atom. The number of para-hydroxylation sites is 1. The molecule has 0 fully saturated rings. The van der Waals surface area contributed by atoms with Gasteiger partial charge in [-0.2, -0.15) is 0 Å². The van der Waals surface area contributed by atoms with E-state index in [0.717, 1.165) is 16.6 Å². The van der Waals surface area contributed by atoms with Crippen molar-refractivity contribution in [1.82, 2.24) is 4.98 Å². The number of nitrogens with zero attached hydrogens (tertiary/aromatic N) is 1. The summed E-state index contributed by atoms with van der Waals surface area (Å²) in [6.45, 7) is 4.54. The SMILES string of the molecule is Cc1cnc2c(NC(=O)c3c(Cl)cccc3Cl)cccc2c1NC[C@@H](C)N. The van der Waals surface area contributed by atoms with E-state index in [0.29, 0.717) is 27.8 Å². The van der Waals surface area contributed by atoms with Gasteiger partial charge in [0.15, 0.2) is 0 Å². The molecule has 0 aliphatic rings. The Morgan fingerprint density at radius 2 is 1.85 bits per heavy atom. The van der Waals surface area contributed by atoms with Crippen LogP contribution in [0.5, 0.6) is 0 Å². The number of fused-ring (bicyclic) bond motifs is 1. The van der Waals surface area contributed by atoms with Crippen LogP contribution in [0, 0.1) is 6.92 Å². The highest BCUT2D eigenvalue weighted by molar-refractivity contribution is 6.40. The van der Waals surface area contributed by atoms with Gasteiger partial charge in [0.25, 0.3) is 5.91 Å². The number of carbonyl (C=O) groups is 1. The Balaban J connectivity index is 2.01. The third-order valence-corrected chi connectivity index (χ3v) is 4.76.